The largest absolute Gasteiger partial charge is 0.479 e. The van der Waals surface area contributed by atoms with Crippen molar-refractivity contribution >= 4 is 11.9 Å². The molecular weight excluding hydrogens is 306 g/mol. The Balaban J connectivity index is 1.47. The summed E-state index contributed by atoms with van der Waals surface area (Å²) in [6, 6.07) is 10.6. The first-order chi connectivity index (χ1) is 11.6. The topological polar surface area (TPSA) is 66.8 Å². The van der Waals surface area contributed by atoms with Gasteiger partial charge in [-0.05, 0) is 43.1 Å². The molecule has 24 heavy (non-hydrogen) atoms. The van der Waals surface area contributed by atoms with Gasteiger partial charge in [-0.2, -0.15) is 0 Å². The summed E-state index contributed by atoms with van der Waals surface area (Å²) in [4.78, 5) is 25.1. The molecule has 1 amide bonds. The lowest BCUT2D eigenvalue weighted by atomic mass is 9.77. The van der Waals surface area contributed by atoms with Crippen molar-refractivity contribution in [1.82, 2.24) is 4.90 Å². The molecule has 2 fully saturated rings. The summed E-state index contributed by atoms with van der Waals surface area (Å²) in [5.41, 5.74) is 1.40. The molecule has 1 aliphatic carbocycles. The van der Waals surface area contributed by atoms with Crippen molar-refractivity contribution in [2.45, 2.75) is 44.1 Å². The molecule has 1 aliphatic heterocycles. The number of hydrogen-bond donors (Lipinski definition) is 1. The molecule has 0 bridgehead atoms. The molecule has 1 atom stereocenters. The zero-order valence-corrected chi connectivity index (χ0v) is 13.9. The van der Waals surface area contributed by atoms with Crippen molar-refractivity contribution in [1.29, 1.82) is 0 Å². The Kier molecular flexibility index (Phi) is 5.51. The van der Waals surface area contributed by atoms with Gasteiger partial charge in [0.2, 0.25) is 5.91 Å². The second kappa shape index (κ2) is 7.79. The molecular formula is C19H25NO4. The highest BCUT2D eigenvalue weighted by Crippen LogP contribution is 2.37. The maximum atomic E-state index is 12.5. The Labute approximate surface area is 142 Å². The standard InChI is InChI=1S/C19H25NO4/c21-18(20-10-11-24-17(13-20)19(22)23)12-14-6-8-16(9-7-14)15-4-2-1-3-5-15/h1-5,14,16-17H,6-13H2,(H,22,23)/t14?,16?,17-/m1/s1. The first-order valence-electron chi connectivity index (χ1n) is 8.80. The highest BCUT2D eigenvalue weighted by Gasteiger charge is 2.31. The molecule has 2 aliphatic rings. The third-order valence-electron chi connectivity index (χ3n) is 5.28. The van der Waals surface area contributed by atoms with Crippen LogP contribution in [0.3, 0.4) is 0 Å². The zero-order chi connectivity index (χ0) is 16.9. The molecule has 5 nitrogen and oxygen atoms in total. The molecule has 1 aromatic rings. The normalized spacial score (nSPS) is 27.7. The molecule has 0 aromatic heterocycles. The van der Waals surface area contributed by atoms with Gasteiger partial charge in [0.1, 0.15) is 0 Å². The second-order valence-electron chi connectivity index (χ2n) is 6.87. The summed E-state index contributed by atoms with van der Waals surface area (Å²) >= 11 is 0. The average Bonchev–Trinajstić information content (AvgIpc) is 2.63. The van der Waals surface area contributed by atoms with Gasteiger partial charge in [0.05, 0.1) is 13.2 Å². The van der Waals surface area contributed by atoms with Crippen LogP contribution in [0.15, 0.2) is 30.3 Å². The number of ether oxygens (including phenoxy) is 1. The van der Waals surface area contributed by atoms with Gasteiger partial charge in [-0.1, -0.05) is 30.3 Å². The molecule has 1 saturated carbocycles. The number of carbonyl (C=O) groups is 2. The third kappa shape index (κ3) is 4.15. The van der Waals surface area contributed by atoms with E-state index in [1.54, 1.807) is 4.90 Å². The zero-order valence-electron chi connectivity index (χ0n) is 13.9. The number of carboxylic acids is 1. The van der Waals surface area contributed by atoms with E-state index in [0.717, 1.165) is 25.7 Å². The van der Waals surface area contributed by atoms with Crippen LogP contribution in [0, 0.1) is 5.92 Å². The van der Waals surface area contributed by atoms with Crippen LogP contribution in [0.4, 0.5) is 0 Å². The lowest BCUT2D eigenvalue weighted by Gasteiger charge is -2.33. The van der Waals surface area contributed by atoms with E-state index < -0.39 is 12.1 Å². The highest BCUT2D eigenvalue weighted by atomic mass is 16.5. The number of carboxylic acid groups (broad SMARTS) is 1. The van der Waals surface area contributed by atoms with Gasteiger partial charge >= 0.3 is 5.97 Å². The van der Waals surface area contributed by atoms with E-state index in [4.69, 9.17) is 9.84 Å². The molecule has 130 valence electrons. The first kappa shape index (κ1) is 17.0. The molecule has 1 aromatic carbocycles. The fourth-order valence-corrected chi connectivity index (χ4v) is 3.83. The van der Waals surface area contributed by atoms with Crippen LogP contribution in [0.2, 0.25) is 0 Å². The lowest BCUT2D eigenvalue weighted by Crippen LogP contribution is -2.48. The molecule has 1 saturated heterocycles. The monoisotopic (exact) mass is 331 g/mol. The van der Waals surface area contributed by atoms with Crippen molar-refractivity contribution < 1.29 is 19.4 Å². The van der Waals surface area contributed by atoms with Crippen LogP contribution in [-0.2, 0) is 14.3 Å². The Bertz CT molecular complexity index is 566. The first-order valence-corrected chi connectivity index (χ1v) is 8.80. The van der Waals surface area contributed by atoms with Crippen molar-refractivity contribution in [2.24, 2.45) is 5.92 Å². The summed E-state index contributed by atoms with van der Waals surface area (Å²) in [6.07, 6.45) is 4.05. The van der Waals surface area contributed by atoms with Crippen LogP contribution in [0.25, 0.3) is 0 Å². The minimum Gasteiger partial charge on any atom is -0.479 e. The van der Waals surface area contributed by atoms with Crippen molar-refractivity contribution in [3.05, 3.63) is 35.9 Å². The van der Waals surface area contributed by atoms with E-state index in [-0.39, 0.29) is 12.5 Å². The minimum absolute atomic E-state index is 0.0766. The molecule has 0 unspecified atom stereocenters. The maximum Gasteiger partial charge on any atom is 0.334 e. The van der Waals surface area contributed by atoms with Crippen LogP contribution >= 0.6 is 0 Å². The fraction of sp³-hybridized carbons (Fsp3) is 0.579. The Morgan fingerprint density at radius 2 is 1.83 bits per heavy atom. The van der Waals surface area contributed by atoms with Crippen LogP contribution in [-0.4, -0.2) is 47.7 Å². The van der Waals surface area contributed by atoms with Gasteiger partial charge in [-0.25, -0.2) is 4.79 Å². The van der Waals surface area contributed by atoms with Crippen LogP contribution in [0.5, 0.6) is 0 Å². The maximum absolute atomic E-state index is 12.5. The number of nitrogens with zero attached hydrogens (tertiary/aromatic N) is 1. The van der Waals surface area contributed by atoms with Crippen LogP contribution in [0.1, 0.15) is 43.6 Å². The quantitative estimate of drug-likeness (QED) is 0.921. The Hall–Kier alpha value is -1.88. The second-order valence-corrected chi connectivity index (χ2v) is 6.87. The van der Waals surface area contributed by atoms with E-state index in [2.05, 4.69) is 24.3 Å². The Morgan fingerprint density at radius 1 is 1.12 bits per heavy atom. The van der Waals surface area contributed by atoms with Crippen LogP contribution < -0.4 is 0 Å². The summed E-state index contributed by atoms with van der Waals surface area (Å²) in [5.74, 6) is 0.115. The van der Waals surface area contributed by atoms with Gasteiger partial charge in [-0.3, -0.25) is 4.79 Å². The number of morpholine rings is 1. The van der Waals surface area contributed by atoms with Gasteiger partial charge in [-0.15, -0.1) is 0 Å². The SMILES string of the molecule is O=C(O)[C@H]1CN(C(=O)CC2CCC(c3ccccc3)CC2)CCO1. The predicted molar refractivity (Wildman–Crippen MR) is 89.7 cm³/mol. The number of benzene rings is 1. The molecule has 0 spiro atoms. The highest BCUT2D eigenvalue weighted by molar-refractivity contribution is 5.78. The summed E-state index contributed by atoms with van der Waals surface area (Å²) in [6.45, 7) is 0.985. The number of amides is 1. The van der Waals surface area contributed by atoms with E-state index in [1.165, 1.54) is 5.56 Å². The molecule has 0 radical (unpaired) electrons. The van der Waals surface area contributed by atoms with E-state index in [1.807, 2.05) is 6.07 Å². The van der Waals surface area contributed by atoms with Gasteiger partial charge < -0.3 is 14.7 Å². The Morgan fingerprint density at radius 3 is 2.50 bits per heavy atom. The van der Waals surface area contributed by atoms with Gasteiger partial charge in [0.25, 0.3) is 0 Å². The average molecular weight is 331 g/mol. The summed E-state index contributed by atoms with van der Waals surface area (Å²) in [5, 5.41) is 9.03. The van der Waals surface area contributed by atoms with Gasteiger partial charge in [0.15, 0.2) is 6.10 Å². The van der Waals surface area contributed by atoms with E-state index >= 15 is 0 Å². The molecule has 3 rings (SSSR count). The molecule has 1 N–H and O–H groups in total. The van der Waals surface area contributed by atoms with Crippen molar-refractivity contribution in [2.75, 3.05) is 19.7 Å². The predicted octanol–water partition coefficient (Wildman–Crippen LogP) is 2.66. The molecule has 5 heteroatoms. The summed E-state index contributed by atoms with van der Waals surface area (Å²) in [7, 11) is 0. The van der Waals surface area contributed by atoms with Gasteiger partial charge in [0, 0.05) is 13.0 Å². The number of rotatable bonds is 4. The summed E-state index contributed by atoms with van der Waals surface area (Å²) < 4.78 is 5.18. The number of hydrogen-bond acceptors (Lipinski definition) is 3. The fourth-order valence-electron chi connectivity index (χ4n) is 3.83. The van der Waals surface area contributed by atoms with Crippen molar-refractivity contribution in [3.63, 3.8) is 0 Å². The number of aliphatic carboxylic acids is 1. The van der Waals surface area contributed by atoms with E-state index in [0.29, 0.717) is 31.4 Å². The lowest BCUT2D eigenvalue weighted by molar-refractivity contribution is -0.159. The van der Waals surface area contributed by atoms with E-state index in [9.17, 15) is 9.59 Å². The molecule has 1 heterocycles. The third-order valence-corrected chi connectivity index (χ3v) is 5.28. The van der Waals surface area contributed by atoms with Crippen molar-refractivity contribution in [3.8, 4) is 0 Å². The minimum atomic E-state index is -0.990. The number of carbonyl (C=O) groups excluding carboxylic acids is 1. The smallest absolute Gasteiger partial charge is 0.334 e.